The van der Waals surface area contributed by atoms with Crippen molar-refractivity contribution in [3.05, 3.63) is 65.8 Å². The van der Waals surface area contributed by atoms with Gasteiger partial charge in [-0.05, 0) is 24.3 Å². The van der Waals surface area contributed by atoms with E-state index >= 15 is 0 Å². The molecule has 4 heteroatoms. The van der Waals surface area contributed by atoms with Gasteiger partial charge in [0, 0.05) is 16.6 Å². The molecule has 0 fully saturated rings. The molecule has 0 saturated carbocycles. The Balaban J connectivity index is 3.39. The first-order chi connectivity index (χ1) is 13.8. The Hall–Kier alpha value is -2.62. The van der Waals surface area contributed by atoms with Gasteiger partial charge in [0.25, 0.3) is 0 Å². The minimum atomic E-state index is -1.12. The lowest BCUT2D eigenvalue weighted by molar-refractivity contribution is -0.134. The molecule has 158 valence electrons. The third-order valence-corrected chi connectivity index (χ3v) is 5.54. The van der Waals surface area contributed by atoms with Gasteiger partial charge in [-0.25, -0.2) is 9.59 Å². The van der Waals surface area contributed by atoms with Gasteiger partial charge in [0.05, 0.1) is 0 Å². The molecule has 0 heterocycles. The number of carbonyl (C=O) groups is 2. The van der Waals surface area contributed by atoms with Crippen molar-refractivity contribution >= 4 is 18.0 Å². The Kier molecular flexibility index (Phi) is 10.1. The smallest absolute Gasteiger partial charge is 0.332 e. The first-order valence-corrected chi connectivity index (χ1v) is 10.4. The van der Waals surface area contributed by atoms with Gasteiger partial charge in [0.1, 0.15) is 0 Å². The van der Waals surface area contributed by atoms with Gasteiger partial charge in [-0.1, -0.05) is 102 Å². The maximum Gasteiger partial charge on any atom is 0.332 e. The highest BCUT2D eigenvalue weighted by Crippen LogP contribution is 2.37. The van der Waals surface area contributed by atoms with Gasteiger partial charge in [-0.3, -0.25) is 0 Å². The maximum absolute atomic E-state index is 12.0. The number of hydrogen-bond acceptors (Lipinski definition) is 2. The zero-order valence-electron chi connectivity index (χ0n) is 17.9. The monoisotopic (exact) mass is 398 g/mol. The van der Waals surface area contributed by atoms with E-state index in [1.54, 1.807) is 12.2 Å². The average molecular weight is 399 g/mol. The SMILES string of the molecule is C=C(C(=O)O)C(C=Cc1ccccc1)(C=C(CC(CC)CCCC)C(=O)O)CC. The van der Waals surface area contributed by atoms with Crippen LogP contribution in [0.5, 0.6) is 0 Å². The second-order valence-electron chi connectivity index (χ2n) is 7.52. The molecule has 4 nitrogen and oxygen atoms in total. The lowest BCUT2D eigenvalue weighted by Gasteiger charge is -2.28. The summed E-state index contributed by atoms with van der Waals surface area (Å²) < 4.78 is 0. The van der Waals surface area contributed by atoms with Crippen molar-refractivity contribution in [3.8, 4) is 0 Å². The quantitative estimate of drug-likeness (QED) is 0.379. The lowest BCUT2D eigenvalue weighted by atomic mass is 9.75. The van der Waals surface area contributed by atoms with Crippen molar-refractivity contribution < 1.29 is 19.8 Å². The summed E-state index contributed by atoms with van der Waals surface area (Å²) in [7, 11) is 0. The number of carboxylic acids is 2. The molecule has 2 atom stereocenters. The second-order valence-corrected chi connectivity index (χ2v) is 7.52. The van der Waals surface area contributed by atoms with E-state index in [1.807, 2.05) is 43.3 Å². The Morgan fingerprint density at radius 2 is 1.76 bits per heavy atom. The van der Waals surface area contributed by atoms with Crippen LogP contribution >= 0.6 is 0 Å². The summed E-state index contributed by atoms with van der Waals surface area (Å²) >= 11 is 0. The minimum Gasteiger partial charge on any atom is -0.478 e. The topological polar surface area (TPSA) is 74.6 Å². The molecule has 0 aromatic heterocycles. The molecule has 2 unspecified atom stereocenters. The summed E-state index contributed by atoms with van der Waals surface area (Å²) in [6, 6.07) is 9.54. The van der Waals surface area contributed by atoms with Crippen molar-refractivity contribution in [1.82, 2.24) is 0 Å². The second kappa shape index (κ2) is 12.1. The van der Waals surface area contributed by atoms with Crippen LogP contribution in [0.3, 0.4) is 0 Å². The van der Waals surface area contributed by atoms with Gasteiger partial charge in [0.15, 0.2) is 0 Å². The first-order valence-electron chi connectivity index (χ1n) is 10.4. The van der Waals surface area contributed by atoms with Gasteiger partial charge in [-0.15, -0.1) is 0 Å². The number of allylic oxidation sites excluding steroid dienone is 2. The zero-order chi connectivity index (χ0) is 21.9. The van der Waals surface area contributed by atoms with Gasteiger partial charge >= 0.3 is 11.9 Å². The largest absolute Gasteiger partial charge is 0.478 e. The van der Waals surface area contributed by atoms with Gasteiger partial charge in [0.2, 0.25) is 0 Å². The molecule has 0 aliphatic heterocycles. The number of carboxylic acid groups (broad SMARTS) is 2. The van der Waals surface area contributed by atoms with Crippen molar-refractivity contribution in [2.75, 3.05) is 0 Å². The molecule has 0 aliphatic rings. The summed E-state index contributed by atoms with van der Waals surface area (Å²) in [5, 5.41) is 19.5. The van der Waals surface area contributed by atoms with Crippen LogP contribution in [0, 0.1) is 11.3 Å². The van der Waals surface area contributed by atoms with E-state index in [0.29, 0.717) is 12.8 Å². The fourth-order valence-corrected chi connectivity index (χ4v) is 3.45. The predicted molar refractivity (Wildman–Crippen MR) is 119 cm³/mol. The van der Waals surface area contributed by atoms with Crippen LogP contribution in [0.1, 0.15) is 64.9 Å². The van der Waals surface area contributed by atoms with Crippen LogP contribution in [0.15, 0.2) is 60.2 Å². The summed E-state index contributed by atoms with van der Waals surface area (Å²) in [5.41, 5.74) is 0.101. The van der Waals surface area contributed by atoms with Crippen LogP contribution in [0.25, 0.3) is 6.08 Å². The molecule has 2 N–H and O–H groups in total. The Morgan fingerprint density at radius 1 is 1.10 bits per heavy atom. The fraction of sp³-hybridized carbons (Fsp3) is 0.440. The highest BCUT2D eigenvalue weighted by Gasteiger charge is 2.32. The van der Waals surface area contributed by atoms with Crippen LogP contribution in [-0.2, 0) is 9.59 Å². The molecule has 0 bridgehead atoms. The van der Waals surface area contributed by atoms with E-state index < -0.39 is 17.4 Å². The van der Waals surface area contributed by atoms with Crippen LogP contribution in [0.2, 0.25) is 0 Å². The van der Waals surface area contributed by atoms with E-state index in [2.05, 4.69) is 20.4 Å². The molecule has 1 rings (SSSR count). The van der Waals surface area contributed by atoms with E-state index in [-0.39, 0.29) is 17.1 Å². The molecular weight excluding hydrogens is 364 g/mol. The molecule has 0 aliphatic carbocycles. The zero-order valence-corrected chi connectivity index (χ0v) is 17.9. The van der Waals surface area contributed by atoms with E-state index in [4.69, 9.17) is 0 Å². The van der Waals surface area contributed by atoms with Crippen molar-refractivity contribution in [1.29, 1.82) is 0 Å². The molecule has 29 heavy (non-hydrogen) atoms. The van der Waals surface area contributed by atoms with Gasteiger partial charge in [-0.2, -0.15) is 0 Å². The molecule has 0 saturated heterocycles. The summed E-state index contributed by atoms with van der Waals surface area (Å²) in [6.45, 7) is 9.82. The number of benzene rings is 1. The highest BCUT2D eigenvalue weighted by molar-refractivity contribution is 5.91. The number of rotatable bonds is 13. The molecule has 1 aromatic rings. The minimum absolute atomic E-state index is 0.0208. The molecule has 0 radical (unpaired) electrons. The Labute approximate surface area is 174 Å². The van der Waals surface area contributed by atoms with Gasteiger partial charge < -0.3 is 10.2 Å². The summed E-state index contributed by atoms with van der Waals surface area (Å²) in [4.78, 5) is 23.8. The van der Waals surface area contributed by atoms with E-state index in [0.717, 1.165) is 31.2 Å². The Morgan fingerprint density at radius 3 is 2.24 bits per heavy atom. The Bertz CT molecular complexity index is 745. The summed E-state index contributed by atoms with van der Waals surface area (Å²) in [6.07, 6.45) is 10.0. The summed E-state index contributed by atoms with van der Waals surface area (Å²) in [5.74, 6) is -1.85. The first kappa shape index (κ1) is 24.4. The predicted octanol–water partition coefficient (Wildman–Crippen LogP) is 6.35. The normalized spacial score (nSPS) is 15.1. The lowest BCUT2D eigenvalue weighted by Crippen LogP contribution is -2.24. The van der Waals surface area contributed by atoms with Crippen molar-refractivity contribution in [2.24, 2.45) is 11.3 Å². The number of hydrogen-bond donors (Lipinski definition) is 2. The standard InChI is InChI=1S/C25H34O4/c1-5-8-12-20(6-2)17-22(24(28)29)18-25(7-3,19(4)23(26)27)16-15-21-13-10-9-11-14-21/h9-11,13-16,18,20H,4-8,12,17H2,1-3H3,(H,26,27)(H,28,29). The number of aliphatic carboxylic acids is 2. The van der Waals surface area contributed by atoms with E-state index in [1.165, 1.54) is 0 Å². The van der Waals surface area contributed by atoms with Crippen LogP contribution < -0.4 is 0 Å². The van der Waals surface area contributed by atoms with Crippen molar-refractivity contribution in [3.63, 3.8) is 0 Å². The van der Waals surface area contributed by atoms with Crippen LogP contribution in [0.4, 0.5) is 0 Å². The molecular formula is C25H34O4. The van der Waals surface area contributed by atoms with E-state index in [9.17, 15) is 19.8 Å². The molecule has 0 spiro atoms. The molecule has 1 aromatic carbocycles. The fourth-order valence-electron chi connectivity index (χ4n) is 3.45. The average Bonchev–Trinajstić information content (AvgIpc) is 2.72. The highest BCUT2D eigenvalue weighted by atomic mass is 16.4. The van der Waals surface area contributed by atoms with Crippen molar-refractivity contribution in [2.45, 2.75) is 59.3 Å². The van der Waals surface area contributed by atoms with Crippen LogP contribution in [-0.4, -0.2) is 22.2 Å². The molecule has 0 amide bonds. The maximum atomic E-state index is 12.0. The third kappa shape index (κ3) is 7.37. The number of unbranched alkanes of at least 4 members (excludes halogenated alkanes) is 1. The third-order valence-electron chi connectivity index (χ3n) is 5.54.